The molecule has 0 N–H and O–H groups in total. The van der Waals surface area contributed by atoms with Crippen molar-refractivity contribution in [3.8, 4) is 0 Å². The van der Waals surface area contributed by atoms with E-state index in [1.165, 1.54) is 0 Å². The molecule has 1 nitrogen and oxygen atoms in total. The van der Waals surface area contributed by atoms with Crippen LogP contribution in [0.4, 0.5) is 30.7 Å². The highest BCUT2D eigenvalue weighted by atomic mass is 19.4. The Morgan fingerprint density at radius 3 is 1.84 bits per heavy atom. The van der Waals surface area contributed by atoms with Gasteiger partial charge >= 0.3 is 12.3 Å². The number of halogens is 7. The Morgan fingerprint density at radius 2 is 1.37 bits per heavy atom. The van der Waals surface area contributed by atoms with Crippen molar-refractivity contribution in [3.05, 3.63) is 11.7 Å². The molecule has 0 aliphatic carbocycles. The topological polar surface area (TPSA) is 9.23 Å². The minimum absolute atomic E-state index is 0.135. The summed E-state index contributed by atoms with van der Waals surface area (Å²) in [6, 6.07) is 0. The molecule has 0 bridgehead atoms. The van der Waals surface area contributed by atoms with Gasteiger partial charge in [0.15, 0.2) is 0 Å². The summed E-state index contributed by atoms with van der Waals surface area (Å²) >= 11 is 0. The van der Waals surface area contributed by atoms with E-state index in [4.69, 9.17) is 0 Å². The summed E-state index contributed by atoms with van der Waals surface area (Å²) in [6.07, 6.45) is -7.48. The predicted octanol–water partition coefficient (Wildman–Crippen LogP) is 5.28. The van der Waals surface area contributed by atoms with Gasteiger partial charge in [-0.1, -0.05) is 32.6 Å². The first-order valence-corrected chi connectivity index (χ1v) is 5.77. The van der Waals surface area contributed by atoms with E-state index in [0.717, 1.165) is 19.3 Å². The minimum Gasteiger partial charge on any atom is -0.315 e. The number of unbranched alkanes of at least 4 members (excludes halogenated alkanes) is 4. The fourth-order valence-electron chi connectivity index (χ4n) is 1.22. The van der Waals surface area contributed by atoms with Gasteiger partial charge in [0.1, 0.15) is 0 Å². The van der Waals surface area contributed by atoms with Crippen molar-refractivity contribution in [2.75, 3.05) is 6.61 Å². The van der Waals surface area contributed by atoms with Gasteiger partial charge in [-0.2, -0.15) is 30.7 Å². The average molecular weight is 296 g/mol. The fourth-order valence-corrected chi connectivity index (χ4v) is 1.22. The zero-order valence-corrected chi connectivity index (χ0v) is 10.3. The molecule has 8 heteroatoms. The lowest BCUT2D eigenvalue weighted by atomic mass is 10.2. The van der Waals surface area contributed by atoms with Crippen molar-refractivity contribution < 1.29 is 35.5 Å². The third-order valence-corrected chi connectivity index (χ3v) is 2.23. The first-order chi connectivity index (χ1) is 8.63. The third-order valence-electron chi connectivity index (χ3n) is 2.23. The molecule has 0 fully saturated rings. The molecule has 0 rings (SSSR count). The standard InChI is InChI=1S/C11H15F7O/c1-2-3-4-5-6-7-19-11(17,18)9(13)8(12)10(14,15)16/h2-7H2,1H3. The van der Waals surface area contributed by atoms with Crippen LogP contribution < -0.4 is 0 Å². The summed E-state index contributed by atoms with van der Waals surface area (Å²) < 4.78 is 89.2. The number of allylic oxidation sites excluding steroid dienone is 1. The van der Waals surface area contributed by atoms with Crippen LogP contribution in [0.2, 0.25) is 0 Å². The van der Waals surface area contributed by atoms with E-state index < -0.39 is 30.5 Å². The fraction of sp³-hybridized carbons (Fsp3) is 0.818. The van der Waals surface area contributed by atoms with Gasteiger partial charge in [-0.15, -0.1) is 0 Å². The molecule has 0 unspecified atom stereocenters. The Bertz CT molecular complexity index is 296. The van der Waals surface area contributed by atoms with Crippen molar-refractivity contribution in [1.82, 2.24) is 0 Å². The molecule has 0 atom stereocenters. The highest BCUT2D eigenvalue weighted by Crippen LogP contribution is 2.37. The second kappa shape index (κ2) is 7.72. The van der Waals surface area contributed by atoms with Crippen LogP contribution in [-0.4, -0.2) is 18.9 Å². The maximum Gasteiger partial charge on any atom is 0.445 e. The molecule has 0 spiro atoms. The van der Waals surface area contributed by atoms with E-state index in [-0.39, 0.29) is 6.42 Å². The lowest BCUT2D eigenvalue weighted by Crippen LogP contribution is -2.26. The molecular formula is C11H15F7O. The number of alkyl halides is 5. The van der Waals surface area contributed by atoms with Crippen LogP contribution in [0.25, 0.3) is 0 Å². The second-order valence-corrected chi connectivity index (χ2v) is 3.91. The van der Waals surface area contributed by atoms with Gasteiger partial charge in [-0.3, -0.25) is 0 Å². The van der Waals surface area contributed by atoms with Gasteiger partial charge in [0, 0.05) is 0 Å². The van der Waals surface area contributed by atoms with E-state index in [1.807, 2.05) is 6.92 Å². The highest BCUT2D eigenvalue weighted by molar-refractivity contribution is 5.10. The second-order valence-electron chi connectivity index (χ2n) is 3.91. The Morgan fingerprint density at radius 1 is 0.842 bits per heavy atom. The van der Waals surface area contributed by atoms with Gasteiger partial charge in [0.05, 0.1) is 6.61 Å². The van der Waals surface area contributed by atoms with Crippen LogP contribution >= 0.6 is 0 Å². The molecule has 0 aromatic rings. The maximum atomic E-state index is 12.8. The summed E-state index contributed by atoms with van der Waals surface area (Å²) in [4.78, 5) is 0. The Kier molecular flexibility index (Phi) is 7.39. The van der Waals surface area contributed by atoms with Crippen molar-refractivity contribution in [1.29, 1.82) is 0 Å². The Labute approximate surface area is 106 Å². The Hall–Kier alpha value is -0.790. The highest BCUT2D eigenvalue weighted by Gasteiger charge is 2.48. The van der Waals surface area contributed by atoms with Gasteiger partial charge in [-0.05, 0) is 6.42 Å². The molecule has 0 heterocycles. The molecule has 0 amide bonds. The summed E-state index contributed by atoms with van der Waals surface area (Å²) in [5.74, 6) is -6.71. The first-order valence-electron chi connectivity index (χ1n) is 5.77. The zero-order chi connectivity index (χ0) is 15.1. The van der Waals surface area contributed by atoms with Crippen molar-refractivity contribution in [3.63, 3.8) is 0 Å². The number of rotatable bonds is 8. The summed E-state index contributed by atoms with van der Waals surface area (Å²) in [5, 5.41) is 0. The third kappa shape index (κ3) is 6.79. The smallest absolute Gasteiger partial charge is 0.315 e. The Balaban J connectivity index is 4.31. The average Bonchev–Trinajstić information content (AvgIpc) is 2.30. The van der Waals surface area contributed by atoms with Crippen molar-refractivity contribution in [2.45, 2.75) is 51.3 Å². The molecular weight excluding hydrogens is 281 g/mol. The van der Waals surface area contributed by atoms with E-state index in [0.29, 0.717) is 6.42 Å². The molecule has 0 saturated carbocycles. The van der Waals surface area contributed by atoms with Crippen molar-refractivity contribution in [2.24, 2.45) is 0 Å². The molecule has 0 radical (unpaired) electrons. The van der Waals surface area contributed by atoms with Gasteiger partial charge in [-0.25, -0.2) is 0 Å². The van der Waals surface area contributed by atoms with E-state index in [2.05, 4.69) is 4.74 Å². The van der Waals surface area contributed by atoms with Crippen LogP contribution in [0, 0.1) is 0 Å². The summed E-state index contributed by atoms with van der Waals surface area (Å²) in [7, 11) is 0. The predicted molar refractivity (Wildman–Crippen MR) is 55.0 cm³/mol. The lowest BCUT2D eigenvalue weighted by molar-refractivity contribution is -0.226. The van der Waals surface area contributed by atoms with Crippen LogP contribution in [0.5, 0.6) is 0 Å². The number of hydrogen-bond acceptors (Lipinski definition) is 1. The molecule has 19 heavy (non-hydrogen) atoms. The number of ether oxygens (including phenoxy) is 1. The van der Waals surface area contributed by atoms with Gasteiger partial charge < -0.3 is 4.74 Å². The molecule has 0 aliphatic rings. The molecule has 0 aliphatic heterocycles. The monoisotopic (exact) mass is 296 g/mol. The molecule has 0 saturated heterocycles. The zero-order valence-electron chi connectivity index (χ0n) is 10.3. The SMILES string of the molecule is CCCCCCCOC(F)(F)C(F)=C(F)C(F)(F)F. The van der Waals surface area contributed by atoms with E-state index in [1.54, 1.807) is 0 Å². The van der Waals surface area contributed by atoms with E-state index >= 15 is 0 Å². The molecule has 0 aromatic heterocycles. The molecule has 114 valence electrons. The summed E-state index contributed by atoms with van der Waals surface area (Å²) in [5.41, 5.74) is 0. The largest absolute Gasteiger partial charge is 0.445 e. The first kappa shape index (κ1) is 18.2. The number of hydrogen-bond donors (Lipinski definition) is 0. The van der Waals surface area contributed by atoms with E-state index in [9.17, 15) is 30.7 Å². The lowest BCUT2D eigenvalue weighted by Gasteiger charge is -2.16. The normalized spacial score (nSPS) is 14.5. The molecule has 0 aromatic carbocycles. The van der Waals surface area contributed by atoms with Crippen LogP contribution in [-0.2, 0) is 4.74 Å². The van der Waals surface area contributed by atoms with Crippen molar-refractivity contribution >= 4 is 0 Å². The van der Waals surface area contributed by atoms with Crippen LogP contribution in [0.3, 0.4) is 0 Å². The minimum atomic E-state index is -5.79. The maximum absolute atomic E-state index is 12.8. The van der Waals surface area contributed by atoms with Crippen LogP contribution in [0.1, 0.15) is 39.0 Å². The van der Waals surface area contributed by atoms with Gasteiger partial charge in [0.25, 0.3) is 0 Å². The quantitative estimate of drug-likeness (QED) is 0.437. The van der Waals surface area contributed by atoms with Gasteiger partial charge in [0.2, 0.25) is 11.7 Å². The summed E-state index contributed by atoms with van der Waals surface area (Å²) in [6.45, 7) is 1.29. The van der Waals surface area contributed by atoms with Crippen LogP contribution in [0.15, 0.2) is 11.7 Å².